The van der Waals surface area contributed by atoms with Crippen LogP contribution in [0.15, 0.2) is 36.4 Å². The van der Waals surface area contributed by atoms with Crippen molar-refractivity contribution in [2.75, 3.05) is 20.7 Å². The van der Waals surface area contributed by atoms with Crippen LogP contribution in [0.5, 0.6) is 11.5 Å². The van der Waals surface area contributed by atoms with Crippen molar-refractivity contribution in [2.45, 2.75) is 46.2 Å². The zero-order chi connectivity index (χ0) is 26.6. The van der Waals surface area contributed by atoms with E-state index in [0.29, 0.717) is 29.4 Å². The normalized spacial score (nSPS) is 11.4. The molecule has 3 N–H and O–H groups in total. The predicted molar refractivity (Wildman–Crippen MR) is 136 cm³/mol. The Morgan fingerprint density at radius 1 is 1.11 bits per heavy atom. The number of carboxylic acid groups (broad SMARTS) is 1. The van der Waals surface area contributed by atoms with Gasteiger partial charge in [0.15, 0.2) is 5.82 Å². The van der Waals surface area contributed by atoms with E-state index >= 15 is 0 Å². The van der Waals surface area contributed by atoms with E-state index in [1.54, 1.807) is 35.8 Å². The highest BCUT2D eigenvalue weighted by Crippen LogP contribution is 2.38. The molecule has 3 aromatic rings. The fraction of sp³-hybridized carbons (Fsp3) is 0.385. The third kappa shape index (κ3) is 6.01. The third-order valence-electron chi connectivity index (χ3n) is 5.55. The Labute approximate surface area is 210 Å². The smallest absolute Gasteiger partial charge is 0.317 e. The fourth-order valence-electron chi connectivity index (χ4n) is 3.92. The number of phenols is 1. The monoisotopic (exact) mass is 495 g/mol. The van der Waals surface area contributed by atoms with Crippen LogP contribution in [0.1, 0.15) is 55.4 Å². The van der Waals surface area contributed by atoms with Crippen molar-refractivity contribution in [1.82, 2.24) is 25.0 Å². The van der Waals surface area contributed by atoms with E-state index in [2.05, 4.69) is 15.5 Å². The summed E-state index contributed by atoms with van der Waals surface area (Å²) in [5, 5.41) is 31.1. The molecule has 0 aliphatic rings. The lowest BCUT2D eigenvalue weighted by molar-refractivity contribution is -0.138. The number of methoxy groups -OCH3 is 1. The topological polar surface area (TPSA) is 130 Å². The standard InChI is InChI=1S/C26H33N5O5/c1-15(2)19-11-20(21(32)12-22(19)36-6)24-28-29-25(26(35)27-16(3)4)31(24)18-9-7-17(8-10-18)13-30(5)14-23(33)34/h7-12,15-16,32H,13-14H2,1-6H3,(H,27,35)(H,33,34). The Hall–Kier alpha value is -3.92. The molecule has 0 saturated carbocycles. The minimum Gasteiger partial charge on any atom is -0.507 e. The van der Waals surface area contributed by atoms with E-state index in [0.717, 1.165) is 11.1 Å². The SMILES string of the molecule is COc1cc(O)c(-c2nnc(C(=O)NC(C)C)n2-c2ccc(CN(C)CC(=O)O)cc2)cc1C(C)C. The number of ether oxygens (including phenoxy) is 1. The molecule has 10 nitrogen and oxygen atoms in total. The lowest BCUT2D eigenvalue weighted by Crippen LogP contribution is -2.32. The molecule has 0 saturated heterocycles. The van der Waals surface area contributed by atoms with Gasteiger partial charge < -0.3 is 20.3 Å². The van der Waals surface area contributed by atoms with Crippen LogP contribution in [0.4, 0.5) is 0 Å². The van der Waals surface area contributed by atoms with E-state index in [4.69, 9.17) is 9.84 Å². The molecule has 0 bridgehead atoms. The largest absolute Gasteiger partial charge is 0.507 e. The quantitative estimate of drug-likeness (QED) is 0.390. The van der Waals surface area contributed by atoms with Crippen molar-refractivity contribution in [1.29, 1.82) is 0 Å². The molecule has 192 valence electrons. The maximum absolute atomic E-state index is 13.0. The van der Waals surface area contributed by atoms with Gasteiger partial charge in [0.1, 0.15) is 11.5 Å². The first-order chi connectivity index (χ1) is 17.0. The van der Waals surface area contributed by atoms with Crippen LogP contribution in [-0.2, 0) is 11.3 Å². The summed E-state index contributed by atoms with van der Waals surface area (Å²) in [4.78, 5) is 25.6. The second-order valence-electron chi connectivity index (χ2n) is 9.31. The summed E-state index contributed by atoms with van der Waals surface area (Å²) < 4.78 is 7.05. The average Bonchev–Trinajstić information content (AvgIpc) is 3.23. The number of nitrogens with one attached hydrogen (secondary N) is 1. The van der Waals surface area contributed by atoms with Crippen LogP contribution in [0.2, 0.25) is 0 Å². The minimum atomic E-state index is -0.899. The number of amides is 1. The molecule has 1 amide bonds. The van der Waals surface area contributed by atoms with Gasteiger partial charge in [-0.1, -0.05) is 26.0 Å². The highest BCUT2D eigenvalue weighted by molar-refractivity contribution is 5.92. The molecular weight excluding hydrogens is 462 g/mol. The number of hydrogen-bond donors (Lipinski definition) is 3. The van der Waals surface area contributed by atoms with Gasteiger partial charge in [0.2, 0.25) is 5.82 Å². The Bertz CT molecular complexity index is 1230. The Kier molecular flexibility index (Phi) is 8.31. The molecular formula is C26H33N5O5. The summed E-state index contributed by atoms with van der Waals surface area (Å²) >= 11 is 0. The summed E-state index contributed by atoms with van der Waals surface area (Å²) in [5.74, 6) is -0.285. The van der Waals surface area contributed by atoms with E-state index in [1.165, 1.54) is 0 Å². The number of aliphatic carboxylic acids is 1. The highest BCUT2D eigenvalue weighted by atomic mass is 16.5. The number of carboxylic acids is 1. The molecule has 36 heavy (non-hydrogen) atoms. The van der Waals surface area contributed by atoms with Crippen molar-refractivity contribution in [3.05, 3.63) is 53.3 Å². The molecule has 0 aliphatic heterocycles. The number of aromatic hydroxyl groups is 1. The molecule has 0 atom stereocenters. The van der Waals surface area contributed by atoms with Crippen molar-refractivity contribution in [3.8, 4) is 28.6 Å². The number of carbonyl (C=O) groups is 2. The number of aromatic nitrogens is 3. The Balaban J connectivity index is 2.12. The van der Waals surface area contributed by atoms with Gasteiger partial charge in [-0.2, -0.15) is 0 Å². The molecule has 0 aliphatic carbocycles. The third-order valence-corrected chi connectivity index (χ3v) is 5.55. The second-order valence-corrected chi connectivity index (χ2v) is 9.31. The van der Waals surface area contributed by atoms with E-state index in [-0.39, 0.29) is 30.1 Å². The van der Waals surface area contributed by atoms with E-state index in [9.17, 15) is 14.7 Å². The van der Waals surface area contributed by atoms with Crippen molar-refractivity contribution in [3.63, 3.8) is 0 Å². The average molecular weight is 496 g/mol. The molecule has 2 aromatic carbocycles. The maximum Gasteiger partial charge on any atom is 0.317 e. The molecule has 1 aromatic heterocycles. The van der Waals surface area contributed by atoms with Crippen molar-refractivity contribution < 1.29 is 24.5 Å². The first-order valence-electron chi connectivity index (χ1n) is 11.7. The van der Waals surface area contributed by atoms with Gasteiger partial charge in [0.25, 0.3) is 5.91 Å². The summed E-state index contributed by atoms with van der Waals surface area (Å²) in [7, 11) is 3.28. The van der Waals surface area contributed by atoms with Crippen LogP contribution in [0.3, 0.4) is 0 Å². The molecule has 0 spiro atoms. The van der Waals surface area contributed by atoms with Crippen LogP contribution >= 0.6 is 0 Å². The molecule has 3 rings (SSSR count). The number of rotatable bonds is 10. The zero-order valence-electron chi connectivity index (χ0n) is 21.4. The number of carbonyl (C=O) groups excluding carboxylic acids is 1. The first kappa shape index (κ1) is 26.7. The number of likely N-dealkylation sites (N-methyl/N-ethyl adjacent to an activating group) is 1. The minimum absolute atomic E-state index is 0.0485. The predicted octanol–water partition coefficient (Wildman–Crippen LogP) is 3.43. The number of benzene rings is 2. The second kappa shape index (κ2) is 11.2. The number of hydrogen-bond acceptors (Lipinski definition) is 7. The number of phenolic OH excluding ortho intramolecular Hbond substituents is 1. The van der Waals surface area contributed by atoms with Crippen LogP contribution < -0.4 is 10.1 Å². The number of nitrogens with zero attached hydrogens (tertiary/aromatic N) is 4. The zero-order valence-corrected chi connectivity index (χ0v) is 21.4. The van der Waals surface area contributed by atoms with Gasteiger partial charge in [-0.3, -0.25) is 19.1 Å². The van der Waals surface area contributed by atoms with Crippen LogP contribution in [-0.4, -0.2) is 68.5 Å². The highest BCUT2D eigenvalue weighted by Gasteiger charge is 2.25. The maximum atomic E-state index is 13.0. The first-order valence-corrected chi connectivity index (χ1v) is 11.7. The fourth-order valence-corrected chi connectivity index (χ4v) is 3.92. The summed E-state index contributed by atoms with van der Waals surface area (Å²) in [6.45, 7) is 8.11. The lowest BCUT2D eigenvalue weighted by atomic mass is 9.98. The van der Waals surface area contributed by atoms with Gasteiger partial charge in [0.05, 0.1) is 19.2 Å². The van der Waals surface area contributed by atoms with E-state index < -0.39 is 11.9 Å². The Morgan fingerprint density at radius 2 is 1.78 bits per heavy atom. The van der Waals surface area contributed by atoms with Crippen molar-refractivity contribution >= 4 is 11.9 Å². The molecule has 0 unspecified atom stereocenters. The van der Waals surface area contributed by atoms with Crippen molar-refractivity contribution in [2.24, 2.45) is 0 Å². The summed E-state index contributed by atoms with van der Waals surface area (Å²) in [6, 6.07) is 10.6. The van der Waals surface area contributed by atoms with Gasteiger partial charge in [-0.05, 0) is 56.1 Å². The summed E-state index contributed by atoms with van der Waals surface area (Å²) in [5.41, 5.74) is 2.82. The van der Waals surface area contributed by atoms with Gasteiger partial charge >= 0.3 is 5.97 Å². The van der Waals surface area contributed by atoms with Gasteiger partial charge in [-0.25, -0.2) is 0 Å². The van der Waals surface area contributed by atoms with Crippen LogP contribution in [0.25, 0.3) is 17.1 Å². The molecule has 0 fully saturated rings. The van der Waals surface area contributed by atoms with Crippen LogP contribution in [0, 0.1) is 0 Å². The molecule has 1 heterocycles. The summed E-state index contributed by atoms with van der Waals surface area (Å²) in [6.07, 6.45) is 0. The van der Waals surface area contributed by atoms with Gasteiger partial charge in [0, 0.05) is 24.3 Å². The Morgan fingerprint density at radius 3 is 2.33 bits per heavy atom. The van der Waals surface area contributed by atoms with Gasteiger partial charge in [-0.15, -0.1) is 10.2 Å². The lowest BCUT2D eigenvalue weighted by Gasteiger charge is -2.17. The molecule has 0 radical (unpaired) electrons. The van der Waals surface area contributed by atoms with E-state index in [1.807, 2.05) is 52.0 Å². The molecule has 10 heteroatoms.